The van der Waals surface area contributed by atoms with Gasteiger partial charge in [0.15, 0.2) is 0 Å². The fraction of sp³-hybridized carbons (Fsp3) is 0.923. The number of aliphatic carboxylic acids is 1. The summed E-state index contributed by atoms with van der Waals surface area (Å²) in [4.78, 5) is 17.1. The average Bonchev–Trinajstić information content (AvgIpc) is 2.14. The van der Waals surface area contributed by atoms with Crippen LogP contribution in [0.5, 0.6) is 0 Å². The first-order valence-corrected chi connectivity index (χ1v) is 16.1. The fourth-order valence-electron chi connectivity index (χ4n) is 1.09. The van der Waals surface area contributed by atoms with Crippen LogP contribution < -0.4 is 5.11 Å². The van der Waals surface area contributed by atoms with E-state index in [4.69, 9.17) is 0 Å². The molecule has 0 rings (SSSR count). The molecule has 0 saturated heterocycles. The molecule has 0 amide bonds. The van der Waals surface area contributed by atoms with Crippen LogP contribution in [0.25, 0.3) is 0 Å². The molecular formula is C13H28O2SSn. The summed E-state index contributed by atoms with van der Waals surface area (Å²) in [5.41, 5.74) is 0. The number of carbonyl (C=O) groups excluding carboxylic acids is 1. The molecule has 0 aromatic rings. The van der Waals surface area contributed by atoms with Crippen molar-refractivity contribution in [3.8, 4) is 0 Å². The van der Waals surface area contributed by atoms with Gasteiger partial charge in [0.2, 0.25) is 0 Å². The molecule has 0 saturated carbocycles. The number of thioether (sulfide) groups is 1. The van der Waals surface area contributed by atoms with Gasteiger partial charge in [-0.05, 0) is 18.1 Å². The first-order valence-electron chi connectivity index (χ1n) is 6.40. The quantitative estimate of drug-likeness (QED) is 0.489. The third-order valence-corrected chi connectivity index (χ3v) is 2.81. The summed E-state index contributed by atoms with van der Waals surface area (Å²) in [6.45, 7) is 4.45. The van der Waals surface area contributed by atoms with Gasteiger partial charge in [0.1, 0.15) is 0 Å². The van der Waals surface area contributed by atoms with Crippen LogP contribution in [0.3, 0.4) is 0 Å². The van der Waals surface area contributed by atoms with E-state index < -0.39 is 25.7 Å². The Hall–Kier alpha value is 0.619. The second kappa shape index (κ2) is 14.7. The molecule has 4 heteroatoms. The Bertz CT molecular complexity index is 170. The second-order valence-corrected chi connectivity index (χ2v) is 14.8. The second-order valence-electron chi connectivity index (χ2n) is 5.17. The molecule has 0 N–H and O–H groups in total. The van der Waals surface area contributed by atoms with Crippen molar-refractivity contribution in [1.82, 2.24) is 0 Å². The van der Waals surface area contributed by atoms with Gasteiger partial charge in [0.25, 0.3) is 0 Å². The van der Waals surface area contributed by atoms with Crippen LogP contribution in [0, 0.1) is 5.92 Å². The zero-order chi connectivity index (χ0) is 13.7. The predicted octanol–water partition coefficient (Wildman–Crippen LogP) is 3.06. The van der Waals surface area contributed by atoms with E-state index in [1.54, 1.807) is 0 Å². The minimum absolute atomic E-state index is 0.143. The molecule has 0 aliphatic heterocycles. The maximum atomic E-state index is 10.0. The van der Waals surface area contributed by atoms with Crippen LogP contribution in [0.15, 0.2) is 0 Å². The zero-order valence-electron chi connectivity index (χ0n) is 12.0. The van der Waals surface area contributed by atoms with Gasteiger partial charge in [-0.3, -0.25) is 0 Å². The molecule has 0 aliphatic carbocycles. The SMILES string of the molecule is CC(C)CCCCCSCC(=O)[O-].[CH3][Sn+]([CH3])[CH3]. The standard InChI is InChI=1S/C10H20O2S.3CH3.Sn/c1-9(2)6-4-3-5-7-13-8-10(11)12;;;;/h9H,3-8H2,1-2H3,(H,11,12);3*1H3;/q;;;;+1/p-1. The van der Waals surface area contributed by atoms with Crippen molar-refractivity contribution in [2.24, 2.45) is 5.92 Å². The number of unbranched alkanes of at least 4 members (excludes halogenated alkanes) is 2. The van der Waals surface area contributed by atoms with Gasteiger partial charge < -0.3 is 9.90 Å². The van der Waals surface area contributed by atoms with Crippen LogP contribution >= 0.6 is 11.8 Å². The third-order valence-electron chi connectivity index (χ3n) is 1.79. The summed E-state index contributed by atoms with van der Waals surface area (Å²) in [7, 11) is 0. The third kappa shape index (κ3) is 31.5. The Labute approximate surface area is 119 Å². The molecule has 0 spiro atoms. The molecular weight excluding hydrogens is 339 g/mol. The van der Waals surface area contributed by atoms with Gasteiger partial charge in [0, 0.05) is 5.75 Å². The number of carboxylic acid groups (broad SMARTS) is 1. The van der Waals surface area contributed by atoms with Crippen molar-refractivity contribution < 1.29 is 9.90 Å². The van der Waals surface area contributed by atoms with Crippen molar-refractivity contribution in [1.29, 1.82) is 0 Å². The molecule has 17 heavy (non-hydrogen) atoms. The monoisotopic (exact) mass is 368 g/mol. The van der Waals surface area contributed by atoms with Crippen molar-refractivity contribution in [3.05, 3.63) is 0 Å². The van der Waals surface area contributed by atoms with Gasteiger partial charge in [-0.1, -0.05) is 33.1 Å². The summed E-state index contributed by atoms with van der Waals surface area (Å²) in [6, 6.07) is 0. The number of rotatable bonds is 8. The van der Waals surface area contributed by atoms with Crippen molar-refractivity contribution in [2.75, 3.05) is 11.5 Å². The summed E-state index contributed by atoms with van der Waals surface area (Å²) >= 11 is 0.915. The molecule has 2 nitrogen and oxygen atoms in total. The van der Waals surface area contributed by atoms with Crippen LogP contribution in [-0.4, -0.2) is 37.2 Å². The van der Waals surface area contributed by atoms with Crippen molar-refractivity contribution in [3.63, 3.8) is 0 Å². The summed E-state index contributed by atoms with van der Waals surface area (Å²) in [5, 5.41) is 10.0. The van der Waals surface area contributed by atoms with E-state index in [1.807, 2.05) is 0 Å². The van der Waals surface area contributed by atoms with Gasteiger partial charge >= 0.3 is 34.6 Å². The zero-order valence-corrected chi connectivity index (χ0v) is 15.7. The van der Waals surface area contributed by atoms with E-state index >= 15 is 0 Å². The van der Waals surface area contributed by atoms with E-state index in [0.29, 0.717) is 0 Å². The molecule has 0 bridgehead atoms. The fourth-order valence-corrected chi connectivity index (χ4v) is 1.81. The van der Waals surface area contributed by atoms with Gasteiger partial charge in [-0.25, -0.2) is 0 Å². The summed E-state index contributed by atoms with van der Waals surface area (Å²) < 4.78 is 0. The first kappa shape index (κ1) is 19.9. The van der Waals surface area contributed by atoms with Gasteiger partial charge in [0.05, 0.1) is 5.97 Å². The average molecular weight is 367 g/mol. The number of hydrogen-bond donors (Lipinski definition) is 0. The molecule has 0 aromatic heterocycles. The van der Waals surface area contributed by atoms with Gasteiger partial charge in [-0.2, -0.15) is 11.8 Å². The van der Waals surface area contributed by atoms with Crippen LogP contribution in [0.2, 0.25) is 14.8 Å². The molecule has 0 atom stereocenters. The Kier molecular flexibility index (Phi) is 17.2. The normalized spacial score (nSPS) is 9.76. The molecule has 0 aliphatic rings. The Balaban J connectivity index is 0. The van der Waals surface area contributed by atoms with E-state index in [-0.39, 0.29) is 5.75 Å². The Morgan fingerprint density at radius 1 is 1.18 bits per heavy atom. The molecule has 102 valence electrons. The Morgan fingerprint density at radius 3 is 2.12 bits per heavy atom. The number of carbonyl (C=O) groups is 1. The van der Waals surface area contributed by atoms with Crippen LogP contribution in [0.1, 0.15) is 39.5 Å². The van der Waals surface area contributed by atoms with E-state index in [0.717, 1.165) is 18.1 Å². The Morgan fingerprint density at radius 2 is 1.71 bits per heavy atom. The molecule has 0 heterocycles. The number of carboxylic acids is 1. The predicted molar refractivity (Wildman–Crippen MR) is 79.0 cm³/mol. The maximum absolute atomic E-state index is 10.0. The van der Waals surface area contributed by atoms with E-state index in [1.165, 1.54) is 31.0 Å². The molecule has 0 radical (unpaired) electrons. The van der Waals surface area contributed by atoms with Gasteiger partial charge in [-0.15, -0.1) is 0 Å². The van der Waals surface area contributed by atoms with Crippen LogP contribution in [0.4, 0.5) is 0 Å². The van der Waals surface area contributed by atoms with E-state index in [2.05, 4.69) is 28.7 Å². The first-order chi connectivity index (χ1) is 7.86. The van der Waals surface area contributed by atoms with Crippen LogP contribution in [-0.2, 0) is 4.79 Å². The van der Waals surface area contributed by atoms with Crippen molar-refractivity contribution >= 4 is 37.5 Å². The minimum atomic E-state index is -0.952. The summed E-state index contributed by atoms with van der Waals surface area (Å²) in [6.07, 6.45) is 4.90. The van der Waals surface area contributed by atoms with E-state index in [9.17, 15) is 9.90 Å². The molecule has 0 fully saturated rings. The topological polar surface area (TPSA) is 40.1 Å². The van der Waals surface area contributed by atoms with Crippen molar-refractivity contribution in [2.45, 2.75) is 54.3 Å². The summed E-state index contributed by atoms with van der Waals surface area (Å²) in [5.74, 6) is 0.930. The molecule has 0 unspecified atom stereocenters. The number of hydrogen-bond acceptors (Lipinski definition) is 3. The molecule has 0 aromatic carbocycles.